The number of carbonyl (C=O) groups excluding carboxylic acids is 2. The van der Waals surface area contributed by atoms with Crippen LogP contribution in [0.2, 0.25) is 0 Å². The smallest absolute Gasteiger partial charge is 0.312 e. The van der Waals surface area contributed by atoms with Crippen molar-refractivity contribution in [2.75, 3.05) is 0 Å². The molecule has 0 spiro atoms. The third-order valence-electron chi connectivity index (χ3n) is 5.00. The predicted molar refractivity (Wildman–Crippen MR) is 103 cm³/mol. The molecule has 28 heavy (non-hydrogen) atoms. The molecule has 0 unspecified atom stereocenters. The Labute approximate surface area is 166 Å². The normalized spacial score (nSPS) is 17.0. The van der Waals surface area contributed by atoms with Gasteiger partial charge in [0.2, 0.25) is 0 Å². The molecule has 1 aliphatic rings. The van der Waals surface area contributed by atoms with E-state index in [1.807, 2.05) is 30.3 Å². The van der Waals surface area contributed by atoms with Crippen molar-refractivity contribution in [1.82, 2.24) is 0 Å². The summed E-state index contributed by atoms with van der Waals surface area (Å²) in [6, 6.07) is 9.39. The largest absolute Gasteiger partial charge is 0.481 e. The SMILES string of the molecule is CC(C)(C)OC(=O)[C@@H](CC(=O)O)CC1(C(=O)OCc2ccccc2)CCCC1. The Bertz CT molecular complexity index is 683. The summed E-state index contributed by atoms with van der Waals surface area (Å²) < 4.78 is 11.0. The van der Waals surface area contributed by atoms with Gasteiger partial charge in [-0.1, -0.05) is 43.2 Å². The summed E-state index contributed by atoms with van der Waals surface area (Å²) in [5.41, 5.74) is -0.658. The first-order chi connectivity index (χ1) is 13.1. The molecule has 1 aromatic carbocycles. The Balaban J connectivity index is 2.13. The second-order valence-corrected chi connectivity index (χ2v) is 8.58. The van der Waals surface area contributed by atoms with Gasteiger partial charge in [0, 0.05) is 0 Å². The van der Waals surface area contributed by atoms with E-state index in [1.54, 1.807) is 20.8 Å². The molecule has 1 atom stereocenters. The fraction of sp³-hybridized carbons (Fsp3) is 0.591. The highest BCUT2D eigenvalue weighted by Crippen LogP contribution is 2.45. The Kier molecular flexibility index (Phi) is 7.22. The van der Waals surface area contributed by atoms with E-state index in [1.165, 1.54) is 0 Å². The highest BCUT2D eigenvalue weighted by atomic mass is 16.6. The van der Waals surface area contributed by atoms with Gasteiger partial charge in [0.15, 0.2) is 0 Å². The van der Waals surface area contributed by atoms with Crippen LogP contribution in [0.4, 0.5) is 0 Å². The Hall–Kier alpha value is -2.37. The van der Waals surface area contributed by atoms with Crippen LogP contribution in [0, 0.1) is 11.3 Å². The zero-order valence-electron chi connectivity index (χ0n) is 16.9. The molecule has 1 aromatic rings. The molecule has 0 bridgehead atoms. The Morgan fingerprint density at radius 1 is 1.11 bits per heavy atom. The molecule has 154 valence electrons. The van der Waals surface area contributed by atoms with Crippen molar-refractivity contribution in [3.63, 3.8) is 0 Å². The van der Waals surface area contributed by atoms with Crippen molar-refractivity contribution in [2.24, 2.45) is 11.3 Å². The molecule has 0 saturated heterocycles. The van der Waals surface area contributed by atoms with Crippen molar-refractivity contribution in [3.8, 4) is 0 Å². The minimum absolute atomic E-state index is 0.141. The maximum Gasteiger partial charge on any atom is 0.312 e. The van der Waals surface area contributed by atoms with Crippen LogP contribution in [0.15, 0.2) is 30.3 Å². The fourth-order valence-corrected chi connectivity index (χ4v) is 3.73. The van der Waals surface area contributed by atoms with E-state index in [0.29, 0.717) is 12.8 Å². The van der Waals surface area contributed by atoms with Crippen LogP contribution in [-0.4, -0.2) is 28.6 Å². The third kappa shape index (κ3) is 6.36. The fourth-order valence-electron chi connectivity index (χ4n) is 3.73. The molecule has 1 N–H and O–H groups in total. The molecule has 6 heteroatoms. The summed E-state index contributed by atoms with van der Waals surface area (Å²) in [4.78, 5) is 36.9. The zero-order chi connectivity index (χ0) is 20.8. The van der Waals surface area contributed by atoms with E-state index < -0.39 is 28.9 Å². The van der Waals surface area contributed by atoms with Crippen molar-refractivity contribution in [3.05, 3.63) is 35.9 Å². The topological polar surface area (TPSA) is 89.9 Å². The van der Waals surface area contributed by atoms with Gasteiger partial charge in [-0.05, 0) is 45.6 Å². The molecule has 0 amide bonds. The van der Waals surface area contributed by atoms with Crippen LogP contribution < -0.4 is 0 Å². The summed E-state index contributed by atoms with van der Waals surface area (Å²) in [5, 5.41) is 9.26. The van der Waals surface area contributed by atoms with Gasteiger partial charge < -0.3 is 14.6 Å². The quantitative estimate of drug-likeness (QED) is 0.672. The maximum atomic E-state index is 12.9. The molecule has 0 heterocycles. The average molecular weight is 390 g/mol. The molecule has 0 aromatic heterocycles. The summed E-state index contributed by atoms with van der Waals surface area (Å²) in [6.45, 7) is 5.38. The van der Waals surface area contributed by atoms with Crippen LogP contribution in [0.3, 0.4) is 0 Å². The maximum absolute atomic E-state index is 12.9. The zero-order valence-corrected chi connectivity index (χ0v) is 16.9. The van der Waals surface area contributed by atoms with E-state index >= 15 is 0 Å². The second kappa shape index (κ2) is 9.22. The lowest BCUT2D eigenvalue weighted by molar-refractivity contribution is -0.168. The molecule has 0 radical (unpaired) electrons. The Morgan fingerprint density at radius 3 is 2.25 bits per heavy atom. The number of ether oxygens (including phenoxy) is 2. The van der Waals surface area contributed by atoms with E-state index in [0.717, 1.165) is 18.4 Å². The lowest BCUT2D eigenvalue weighted by Crippen LogP contribution is -2.37. The second-order valence-electron chi connectivity index (χ2n) is 8.58. The van der Waals surface area contributed by atoms with E-state index in [4.69, 9.17) is 9.47 Å². The van der Waals surface area contributed by atoms with Crippen LogP contribution in [0.5, 0.6) is 0 Å². The van der Waals surface area contributed by atoms with Gasteiger partial charge in [0.1, 0.15) is 12.2 Å². The first-order valence-electron chi connectivity index (χ1n) is 9.77. The van der Waals surface area contributed by atoms with E-state index in [9.17, 15) is 19.5 Å². The molecule has 1 fully saturated rings. The number of benzene rings is 1. The summed E-state index contributed by atoms with van der Waals surface area (Å²) in [7, 11) is 0. The van der Waals surface area contributed by atoms with Gasteiger partial charge >= 0.3 is 17.9 Å². The third-order valence-corrected chi connectivity index (χ3v) is 5.00. The number of carboxylic acid groups (broad SMARTS) is 1. The van der Waals surface area contributed by atoms with Gasteiger partial charge in [-0.2, -0.15) is 0 Å². The molecule has 2 rings (SSSR count). The average Bonchev–Trinajstić information content (AvgIpc) is 3.08. The highest BCUT2D eigenvalue weighted by molar-refractivity contribution is 5.82. The predicted octanol–water partition coefficient (Wildman–Crippen LogP) is 4.11. The summed E-state index contributed by atoms with van der Waals surface area (Å²) >= 11 is 0. The van der Waals surface area contributed by atoms with Crippen molar-refractivity contribution < 1.29 is 29.0 Å². The van der Waals surface area contributed by atoms with Gasteiger partial charge in [-0.25, -0.2) is 0 Å². The number of carboxylic acids is 1. The van der Waals surface area contributed by atoms with Gasteiger partial charge in [-0.3, -0.25) is 14.4 Å². The number of carbonyl (C=O) groups is 3. The van der Waals surface area contributed by atoms with Crippen LogP contribution in [0.25, 0.3) is 0 Å². The summed E-state index contributed by atoms with van der Waals surface area (Å²) in [6.07, 6.45) is 2.69. The monoisotopic (exact) mass is 390 g/mol. The number of hydrogen-bond acceptors (Lipinski definition) is 5. The van der Waals surface area contributed by atoms with Crippen LogP contribution >= 0.6 is 0 Å². The number of rotatable bonds is 8. The molecule has 1 saturated carbocycles. The number of esters is 2. The number of aliphatic carboxylic acids is 1. The van der Waals surface area contributed by atoms with Gasteiger partial charge in [0.05, 0.1) is 17.8 Å². The Morgan fingerprint density at radius 2 is 1.71 bits per heavy atom. The van der Waals surface area contributed by atoms with Crippen LogP contribution in [0.1, 0.15) is 64.9 Å². The standard InChI is InChI=1S/C22H30O6/c1-21(2,3)28-19(25)17(13-18(23)24)14-22(11-7-8-12-22)20(26)27-15-16-9-5-4-6-10-16/h4-6,9-10,17H,7-8,11-15H2,1-3H3,(H,23,24)/t17-/m0/s1. The minimum Gasteiger partial charge on any atom is -0.481 e. The first-order valence-corrected chi connectivity index (χ1v) is 9.77. The van der Waals surface area contributed by atoms with Crippen molar-refractivity contribution >= 4 is 17.9 Å². The molecule has 1 aliphatic carbocycles. The minimum atomic E-state index is -1.08. The molecular formula is C22H30O6. The van der Waals surface area contributed by atoms with E-state index in [2.05, 4.69) is 0 Å². The van der Waals surface area contributed by atoms with Crippen molar-refractivity contribution in [1.29, 1.82) is 0 Å². The number of hydrogen-bond donors (Lipinski definition) is 1. The van der Waals surface area contributed by atoms with Gasteiger partial charge in [0.25, 0.3) is 0 Å². The van der Waals surface area contributed by atoms with Crippen molar-refractivity contribution in [2.45, 2.75) is 71.5 Å². The molecule has 6 nitrogen and oxygen atoms in total. The molecular weight excluding hydrogens is 360 g/mol. The lowest BCUT2D eigenvalue weighted by Gasteiger charge is -2.31. The first kappa shape index (κ1) is 21.9. The summed E-state index contributed by atoms with van der Waals surface area (Å²) in [5.74, 6) is -2.88. The molecule has 0 aliphatic heterocycles. The lowest BCUT2D eigenvalue weighted by atomic mass is 9.76. The van der Waals surface area contributed by atoms with Crippen LogP contribution in [-0.2, 0) is 30.5 Å². The van der Waals surface area contributed by atoms with E-state index in [-0.39, 0.29) is 25.4 Å². The highest BCUT2D eigenvalue weighted by Gasteiger charge is 2.46. The van der Waals surface area contributed by atoms with Gasteiger partial charge in [-0.15, -0.1) is 0 Å².